The fraction of sp³-hybridized carbons (Fsp3) is 0. The summed E-state index contributed by atoms with van der Waals surface area (Å²) < 4.78 is 2.05. The van der Waals surface area contributed by atoms with Crippen LogP contribution in [0.5, 0.6) is 0 Å². The Morgan fingerprint density at radius 1 is 0.944 bits per heavy atom. The van der Waals surface area contributed by atoms with Crippen LogP contribution in [-0.4, -0.2) is 4.40 Å². The third kappa shape index (κ3) is 1.11. The summed E-state index contributed by atoms with van der Waals surface area (Å²) in [7, 11) is 0. The molecule has 18 heavy (non-hydrogen) atoms. The zero-order chi connectivity index (χ0) is 12.3. The lowest BCUT2D eigenvalue weighted by atomic mass is 10.1. The Bertz CT molecular complexity index is 955. The summed E-state index contributed by atoms with van der Waals surface area (Å²) in [6.07, 6.45) is 1.83. The third-order valence-electron chi connectivity index (χ3n) is 3.43. The van der Waals surface area contributed by atoms with Gasteiger partial charge in [-0.25, -0.2) is 0 Å². The standard InChI is InChI=1S/C15H8ClNO/c16-9-4-5-13-12(8-9)10-2-1-3-11-14(18)6-7-17(13)15(10)11/h1-8H. The number of pyridine rings is 1. The van der Waals surface area contributed by atoms with Crippen molar-refractivity contribution in [1.82, 2.24) is 4.40 Å². The van der Waals surface area contributed by atoms with Crippen LogP contribution < -0.4 is 5.43 Å². The van der Waals surface area contributed by atoms with Crippen molar-refractivity contribution in [1.29, 1.82) is 0 Å². The molecule has 0 fully saturated rings. The topological polar surface area (TPSA) is 21.5 Å². The van der Waals surface area contributed by atoms with E-state index in [4.69, 9.17) is 11.6 Å². The third-order valence-corrected chi connectivity index (χ3v) is 3.66. The molecule has 2 heterocycles. The van der Waals surface area contributed by atoms with E-state index in [1.54, 1.807) is 6.07 Å². The zero-order valence-electron chi connectivity index (χ0n) is 9.35. The van der Waals surface area contributed by atoms with E-state index in [0.29, 0.717) is 5.02 Å². The Morgan fingerprint density at radius 3 is 2.67 bits per heavy atom. The van der Waals surface area contributed by atoms with Crippen molar-refractivity contribution in [3.63, 3.8) is 0 Å². The van der Waals surface area contributed by atoms with Gasteiger partial charge >= 0.3 is 0 Å². The smallest absolute Gasteiger partial charge is 0.189 e. The maximum Gasteiger partial charge on any atom is 0.189 e. The van der Waals surface area contributed by atoms with Gasteiger partial charge in [-0.15, -0.1) is 0 Å². The fourth-order valence-corrected chi connectivity index (χ4v) is 2.83. The van der Waals surface area contributed by atoms with E-state index in [0.717, 1.165) is 27.2 Å². The van der Waals surface area contributed by atoms with Gasteiger partial charge < -0.3 is 4.40 Å². The number of benzene rings is 2. The maximum atomic E-state index is 11.9. The highest BCUT2D eigenvalue weighted by Crippen LogP contribution is 2.31. The van der Waals surface area contributed by atoms with Crippen LogP contribution in [0.2, 0.25) is 5.02 Å². The summed E-state index contributed by atoms with van der Waals surface area (Å²) in [6.45, 7) is 0. The monoisotopic (exact) mass is 253 g/mol. The van der Waals surface area contributed by atoms with Gasteiger partial charge in [-0.05, 0) is 24.3 Å². The minimum atomic E-state index is 0.0574. The normalized spacial score (nSPS) is 11.8. The number of para-hydroxylation sites is 1. The van der Waals surface area contributed by atoms with Crippen LogP contribution in [0.25, 0.3) is 27.2 Å². The van der Waals surface area contributed by atoms with Crippen LogP contribution in [0.1, 0.15) is 0 Å². The van der Waals surface area contributed by atoms with Gasteiger partial charge in [-0.2, -0.15) is 0 Å². The molecule has 0 spiro atoms. The second-order valence-electron chi connectivity index (χ2n) is 4.41. The largest absolute Gasteiger partial charge is 0.315 e. The molecule has 0 saturated carbocycles. The highest BCUT2D eigenvalue weighted by molar-refractivity contribution is 6.32. The Kier molecular flexibility index (Phi) is 1.78. The number of fused-ring (bicyclic) bond motifs is 3. The molecule has 0 aliphatic rings. The summed E-state index contributed by atoms with van der Waals surface area (Å²) in [5.41, 5.74) is 2.11. The van der Waals surface area contributed by atoms with Crippen molar-refractivity contribution in [2.75, 3.05) is 0 Å². The molecule has 0 aliphatic heterocycles. The number of hydrogen-bond donors (Lipinski definition) is 0. The van der Waals surface area contributed by atoms with Crippen molar-refractivity contribution in [3.8, 4) is 0 Å². The van der Waals surface area contributed by atoms with Gasteiger partial charge in [0, 0.05) is 33.4 Å². The zero-order valence-corrected chi connectivity index (χ0v) is 10.1. The predicted molar refractivity (Wildman–Crippen MR) is 74.9 cm³/mol. The van der Waals surface area contributed by atoms with Gasteiger partial charge in [-0.3, -0.25) is 4.79 Å². The van der Waals surface area contributed by atoms with Crippen LogP contribution in [0, 0.1) is 0 Å². The molecule has 0 amide bonds. The number of aromatic nitrogens is 1. The minimum Gasteiger partial charge on any atom is -0.315 e. The summed E-state index contributed by atoms with van der Waals surface area (Å²) in [5, 5.41) is 3.62. The highest BCUT2D eigenvalue weighted by atomic mass is 35.5. The quantitative estimate of drug-likeness (QED) is 0.468. The van der Waals surface area contributed by atoms with E-state index >= 15 is 0 Å². The van der Waals surface area contributed by atoms with Gasteiger partial charge in [0.05, 0.1) is 11.0 Å². The van der Waals surface area contributed by atoms with Crippen LogP contribution in [0.4, 0.5) is 0 Å². The van der Waals surface area contributed by atoms with Crippen molar-refractivity contribution >= 4 is 38.8 Å². The molecule has 0 atom stereocenters. The summed E-state index contributed by atoms with van der Waals surface area (Å²) in [5.74, 6) is 0. The van der Waals surface area contributed by atoms with Gasteiger partial charge in [0.2, 0.25) is 0 Å². The molecule has 0 aliphatic carbocycles. The first kappa shape index (κ1) is 9.92. The number of nitrogens with zero attached hydrogens (tertiary/aromatic N) is 1. The molecule has 0 radical (unpaired) electrons. The van der Waals surface area contributed by atoms with E-state index in [2.05, 4.69) is 4.40 Å². The van der Waals surface area contributed by atoms with Gasteiger partial charge in [0.1, 0.15) is 0 Å². The van der Waals surface area contributed by atoms with Gasteiger partial charge in [-0.1, -0.05) is 23.7 Å². The lowest BCUT2D eigenvalue weighted by Gasteiger charge is -1.98. The van der Waals surface area contributed by atoms with Gasteiger partial charge in [0.15, 0.2) is 5.43 Å². The Balaban J connectivity index is 2.48. The molecule has 3 heteroatoms. The molecular weight excluding hydrogens is 246 g/mol. The average Bonchev–Trinajstić information content (AvgIpc) is 2.69. The molecule has 2 aromatic carbocycles. The lowest BCUT2D eigenvalue weighted by Crippen LogP contribution is -2.01. The van der Waals surface area contributed by atoms with Crippen LogP contribution >= 0.6 is 11.6 Å². The van der Waals surface area contributed by atoms with E-state index in [1.807, 2.05) is 42.6 Å². The summed E-state index contributed by atoms with van der Waals surface area (Å²) >= 11 is 6.06. The first-order chi connectivity index (χ1) is 8.75. The summed E-state index contributed by atoms with van der Waals surface area (Å²) in [4.78, 5) is 11.9. The van der Waals surface area contributed by atoms with Crippen molar-refractivity contribution in [2.45, 2.75) is 0 Å². The molecule has 2 nitrogen and oxygen atoms in total. The van der Waals surface area contributed by atoms with Crippen molar-refractivity contribution < 1.29 is 0 Å². The number of hydrogen-bond acceptors (Lipinski definition) is 1. The predicted octanol–water partition coefficient (Wildman–Crippen LogP) is 3.70. The fourth-order valence-electron chi connectivity index (χ4n) is 2.66. The molecule has 4 rings (SSSR count). The van der Waals surface area contributed by atoms with E-state index in [9.17, 15) is 4.79 Å². The highest BCUT2D eigenvalue weighted by Gasteiger charge is 2.11. The number of rotatable bonds is 0. The Morgan fingerprint density at radius 2 is 1.78 bits per heavy atom. The Hall–Kier alpha value is -2.06. The molecular formula is C15H8ClNO. The van der Waals surface area contributed by atoms with Gasteiger partial charge in [0.25, 0.3) is 0 Å². The Labute approximate surface area is 107 Å². The first-order valence-corrected chi connectivity index (χ1v) is 6.08. The molecule has 0 N–H and O–H groups in total. The van der Waals surface area contributed by atoms with Crippen molar-refractivity contribution in [3.05, 3.63) is 63.9 Å². The molecule has 86 valence electrons. The van der Waals surface area contributed by atoms with E-state index < -0.39 is 0 Å². The van der Waals surface area contributed by atoms with E-state index in [1.165, 1.54) is 0 Å². The maximum absolute atomic E-state index is 11.9. The molecule has 0 saturated heterocycles. The van der Waals surface area contributed by atoms with E-state index in [-0.39, 0.29) is 5.43 Å². The first-order valence-electron chi connectivity index (χ1n) is 5.70. The molecule has 0 bridgehead atoms. The van der Waals surface area contributed by atoms with Crippen LogP contribution in [0.3, 0.4) is 0 Å². The lowest BCUT2D eigenvalue weighted by molar-refractivity contribution is 1.26. The minimum absolute atomic E-state index is 0.0574. The molecule has 0 unspecified atom stereocenters. The average molecular weight is 254 g/mol. The second kappa shape index (κ2) is 3.24. The molecule has 2 aromatic heterocycles. The van der Waals surface area contributed by atoms with Crippen LogP contribution in [-0.2, 0) is 0 Å². The summed E-state index contributed by atoms with van der Waals surface area (Å²) in [6, 6.07) is 13.2. The number of halogens is 1. The second-order valence-corrected chi connectivity index (χ2v) is 4.85. The molecule has 4 aromatic rings. The van der Waals surface area contributed by atoms with Crippen molar-refractivity contribution in [2.24, 2.45) is 0 Å². The van der Waals surface area contributed by atoms with Crippen LogP contribution in [0.15, 0.2) is 53.5 Å². The SMILES string of the molecule is O=c1ccn2c3ccc(Cl)cc3c3cccc1c32.